The zero-order valence-electron chi connectivity index (χ0n) is 7.27. The van der Waals surface area contributed by atoms with Gasteiger partial charge in [-0.15, -0.1) is 0 Å². The molecule has 0 fully saturated rings. The minimum absolute atomic E-state index is 0.0307. The Balaban J connectivity index is 2.94. The Kier molecular flexibility index (Phi) is 2.43. The number of rotatable bonds is 1. The maximum absolute atomic E-state index is 10.9. The van der Waals surface area contributed by atoms with Gasteiger partial charge in [0, 0.05) is 6.07 Å². The van der Waals surface area contributed by atoms with Crippen molar-refractivity contribution in [2.24, 2.45) is 0 Å². The lowest BCUT2D eigenvalue weighted by Crippen LogP contribution is -1.98. The minimum atomic E-state index is -0.516. The Morgan fingerprint density at radius 2 is 2.00 bits per heavy atom. The number of hydrogen-bond donors (Lipinski definition) is 0. The summed E-state index contributed by atoms with van der Waals surface area (Å²) in [5.74, 6) is 0. The van der Waals surface area contributed by atoms with Crippen LogP contribution < -0.4 is 5.63 Å². The van der Waals surface area contributed by atoms with Gasteiger partial charge in [-0.1, -0.05) is 0 Å². The molecule has 0 atom stereocenters. The number of fused-ring (bicyclic) bond motifs is 1. The van der Waals surface area contributed by atoms with E-state index in [0.717, 1.165) is 0 Å². The van der Waals surface area contributed by atoms with Gasteiger partial charge in [-0.05, 0) is 40.8 Å². The van der Waals surface area contributed by atoms with Crippen molar-refractivity contribution in [3.63, 3.8) is 0 Å². The highest BCUT2D eigenvalue weighted by Crippen LogP contribution is 2.29. The summed E-state index contributed by atoms with van der Waals surface area (Å²) in [5, 5.41) is 11.1. The van der Waals surface area contributed by atoms with Crippen LogP contribution in [0.15, 0.2) is 33.5 Å². The standard InChI is InChI=1S/C9H4INO4/c10-6-2-3-7-5(9(6)11(13)14)1-4-8(12)15-7/h1-4H. The Labute approximate surface area is 97.0 Å². The van der Waals surface area contributed by atoms with Gasteiger partial charge in [-0.2, -0.15) is 0 Å². The molecule has 5 nitrogen and oxygen atoms in total. The lowest BCUT2D eigenvalue weighted by Gasteiger charge is -1.99. The van der Waals surface area contributed by atoms with Crippen LogP contribution in [0, 0.1) is 13.7 Å². The molecular formula is C9H4INO4. The molecule has 0 aliphatic heterocycles. The first kappa shape index (κ1) is 10.1. The van der Waals surface area contributed by atoms with Gasteiger partial charge >= 0.3 is 5.63 Å². The van der Waals surface area contributed by atoms with Gasteiger partial charge in [-0.3, -0.25) is 10.1 Å². The molecule has 0 amide bonds. The smallest absolute Gasteiger partial charge is 0.336 e. The van der Waals surface area contributed by atoms with Crippen LogP contribution in [0.2, 0.25) is 0 Å². The lowest BCUT2D eigenvalue weighted by molar-refractivity contribution is -0.384. The average Bonchev–Trinajstić information content (AvgIpc) is 2.17. The summed E-state index contributed by atoms with van der Waals surface area (Å²) in [6.07, 6.45) is 0. The predicted molar refractivity (Wildman–Crippen MR) is 61.9 cm³/mol. The summed E-state index contributed by atoms with van der Waals surface area (Å²) >= 11 is 1.87. The van der Waals surface area contributed by atoms with E-state index in [1.54, 1.807) is 12.1 Å². The van der Waals surface area contributed by atoms with Crippen LogP contribution in [-0.2, 0) is 0 Å². The van der Waals surface area contributed by atoms with E-state index < -0.39 is 10.5 Å². The molecule has 0 radical (unpaired) electrons. The van der Waals surface area contributed by atoms with Crippen molar-refractivity contribution in [2.75, 3.05) is 0 Å². The molecule has 0 saturated carbocycles. The fraction of sp³-hybridized carbons (Fsp3) is 0. The van der Waals surface area contributed by atoms with Gasteiger partial charge in [-0.25, -0.2) is 4.79 Å². The molecule has 0 aliphatic carbocycles. The first-order valence-corrected chi connectivity index (χ1v) is 5.04. The third-order valence-corrected chi connectivity index (χ3v) is 2.78. The summed E-state index contributed by atoms with van der Waals surface area (Å²) in [7, 11) is 0. The molecule has 0 unspecified atom stereocenters. The van der Waals surface area contributed by atoms with E-state index in [2.05, 4.69) is 0 Å². The molecule has 0 N–H and O–H groups in total. The number of nitrogens with zero attached hydrogens (tertiary/aromatic N) is 1. The molecule has 0 bridgehead atoms. The summed E-state index contributed by atoms with van der Waals surface area (Å²) < 4.78 is 5.36. The fourth-order valence-corrected chi connectivity index (χ4v) is 1.96. The normalized spacial score (nSPS) is 10.5. The zero-order chi connectivity index (χ0) is 11.0. The Bertz CT molecular complexity index is 605. The largest absolute Gasteiger partial charge is 0.422 e. The molecule has 0 spiro atoms. The molecule has 2 aromatic rings. The highest BCUT2D eigenvalue weighted by atomic mass is 127. The van der Waals surface area contributed by atoms with Crippen molar-refractivity contribution in [2.45, 2.75) is 0 Å². The molecule has 1 aromatic carbocycles. The van der Waals surface area contributed by atoms with Gasteiger partial charge in [0.15, 0.2) is 0 Å². The third kappa shape index (κ3) is 1.72. The van der Waals surface area contributed by atoms with E-state index in [-0.39, 0.29) is 11.3 Å². The highest BCUT2D eigenvalue weighted by molar-refractivity contribution is 14.1. The van der Waals surface area contributed by atoms with Crippen molar-refractivity contribution < 1.29 is 9.34 Å². The quantitative estimate of drug-likeness (QED) is 0.350. The van der Waals surface area contributed by atoms with Gasteiger partial charge < -0.3 is 4.42 Å². The Morgan fingerprint density at radius 1 is 1.27 bits per heavy atom. The van der Waals surface area contributed by atoms with E-state index in [9.17, 15) is 14.9 Å². The summed E-state index contributed by atoms with van der Waals surface area (Å²) in [6.45, 7) is 0. The predicted octanol–water partition coefficient (Wildman–Crippen LogP) is 2.31. The average molecular weight is 317 g/mol. The monoisotopic (exact) mass is 317 g/mol. The van der Waals surface area contributed by atoms with Crippen molar-refractivity contribution in [1.82, 2.24) is 0 Å². The van der Waals surface area contributed by atoms with Crippen LogP contribution >= 0.6 is 22.6 Å². The maximum Gasteiger partial charge on any atom is 0.336 e. The topological polar surface area (TPSA) is 73.3 Å². The number of hydrogen-bond acceptors (Lipinski definition) is 4. The number of halogens is 1. The maximum atomic E-state index is 10.9. The van der Waals surface area contributed by atoms with Crippen LogP contribution in [0.25, 0.3) is 11.0 Å². The number of benzene rings is 1. The van der Waals surface area contributed by atoms with Crippen LogP contribution in [-0.4, -0.2) is 4.92 Å². The van der Waals surface area contributed by atoms with Crippen LogP contribution in [0.1, 0.15) is 0 Å². The van der Waals surface area contributed by atoms with E-state index in [1.165, 1.54) is 12.1 Å². The second kappa shape index (κ2) is 3.61. The SMILES string of the molecule is O=c1ccc2c([N+](=O)[O-])c(I)ccc2o1. The molecule has 2 rings (SSSR count). The van der Waals surface area contributed by atoms with Gasteiger partial charge in [0.05, 0.1) is 13.9 Å². The van der Waals surface area contributed by atoms with Crippen molar-refractivity contribution in [3.8, 4) is 0 Å². The van der Waals surface area contributed by atoms with E-state index >= 15 is 0 Å². The second-order valence-corrected chi connectivity index (χ2v) is 3.98. The van der Waals surface area contributed by atoms with E-state index in [4.69, 9.17) is 4.42 Å². The lowest BCUT2D eigenvalue weighted by atomic mass is 10.2. The molecule has 0 saturated heterocycles. The van der Waals surface area contributed by atoms with E-state index in [0.29, 0.717) is 8.96 Å². The molecule has 0 aliphatic rings. The summed E-state index contributed by atoms with van der Waals surface area (Å²) in [5.41, 5.74) is -0.315. The van der Waals surface area contributed by atoms with Crippen molar-refractivity contribution >= 4 is 39.2 Å². The second-order valence-electron chi connectivity index (χ2n) is 2.82. The van der Waals surface area contributed by atoms with Crippen molar-refractivity contribution in [1.29, 1.82) is 0 Å². The zero-order valence-corrected chi connectivity index (χ0v) is 9.43. The number of nitro benzene ring substituents is 1. The van der Waals surface area contributed by atoms with E-state index in [1.807, 2.05) is 22.6 Å². The molecule has 1 heterocycles. The fourth-order valence-electron chi connectivity index (χ4n) is 1.29. The van der Waals surface area contributed by atoms with Crippen LogP contribution in [0.3, 0.4) is 0 Å². The first-order valence-electron chi connectivity index (χ1n) is 3.96. The van der Waals surface area contributed by atoms with Gasteiger partial charge in [0.25, 0.3) is 5.69 Å². The van der Waals surface area contributed by atoms with Crippen LogP contribution in [0.5, 0.6) is 0 Å². The van der Waals surface area contributed by atoms with Gasteiger partial charge in [0.1, 0.15) is 5.58 Å². The Hall–Kier alpha value is -1.44. The van der Waals surface area contributed by atoms with Gasteiger partial charge in [0.2, 0.25) is 0 Å². The number of nitro groups is 1. The minimum Gasteiger partial charge on any atom is -0.422 e. The summed E-state index contributed by atoms with van der Waals surface area (Å²) in [4.78, 5) is 21.2. The highest BCUT2D eigenvalue weighted by Gasteiger charge is 2.17. The first-order chi connectivity index (χ1) is 7.09. The molecule has 1 aromatic heterocycles. The van der Waals surface area contributed by atoms with Crippen molar-refractivity contribution in [3.05, 3.63) is 48.4 Å². The molecule has 6 heteroatoms. The third-order valence-electron chi connectivity index (χ3n) is 1.91. The van der Waals surface area contributed by atoms with Crippen LogP contribution in [0.4, 0.5) is 5.69 Å². The Morgan fingerprint density at radius 3 is 2.67 bits per heavy atom. The molecule has 76 valence electrons. The summed E-state index contributed by atoms with van der Waals surface area (Å²) in [6, 6.07) is 5.67. The molecular weight excluding hydrogens is 313 g/mol. The molecule has 15 heavy (non-hydrogen) atoms.